The van der Waals surface area contributed by atoms with Crippen LogP contribution in [0, 0.1) is 0 Å². The molecule has 8 aromatic rings. The van der Waals surface area contributed by atoms with Crippen LogP contribution >= 0.6 is 0 Å². The second kappa shape index (κ2) is 7.81. The Morgan fingerprint density at radius 1 is 0.432 bits per heavy atom. The maximum atomic E-state index is 9.16. The predicted molar refractivity (Wildman–Crippen MR) is 157 cm³/mol. The van der Waals surface area contributed by atoms with Gasteiger partial charge in [-0.2, -0.15) is 0 Å². The summed E-state index contributed by atoms with van der Waals surface area (Å²) in [7, 11) is 0. The summed E-state index contributed by atoms with van der Waals surface area (Å²) in [6.45, 7) is 0. The molecule has 0 saturated carbocycles. The van der Waals surface area contributed by atoms with Crippen molar-refractivity contribution in [2.45, 2.75) is 0 Å². The monoisotopic (exact) mass is 477 g/mol. The molecule has 37 heavy (non-hydrogen) atoms. The largest absolute Gasteiger partial charge is 0.455 e. The van der Waals surface area contributed by atoms with Crippen LogP contribution in [0.4, 0.5) is 0 Å². The molecule has 7 aromatic carbocycles. The lowest BCUT2D eigenvalue weighted by molar-refractivity contribution is 0.670. The molecule has 0 bridgehead atoms. The van der Waals surface area contributed by atoms with Gasteiger partial charge in [0, 0.05) is 21.9 Å². The Labute approximate surface area is 224 Å². The zero-order valence-electron chi connectivity index (χ0n) is 26.6. The maximum absolute atomic E-state index is 9.16. The summed E-state index contributed by atoms with van der Waals surface area (Å²) in [5.41, 5.74) is 3.04. The van der Waals surface area contributed by atoms with Crippen molar-refractivity contribution in [3.8, 4) is 22.3 Å². The van der Waals surface area contributed by atoms with Gasteiger partial charge in [-0.1, -0.05) is 127 Å². The van der Waals surface area contributed by atoms with Crippen molar-refractivity contribution in [1.82, 2.24) is 0 Å². The minimum absolute atomic E-state index is 0.0479. The van der Waals surface area contributed by atoms with E-state index < -0.39 is 12.1 Å². The second-order valence-electron chi connectivity index (χ2n) is 9.13. The van der Waals surface area contributed by atoms with E-state index in [2.05, 4.69) is 24.3 Å². The molecule has 0 spiro atoms. The molecule has 1 heterocycles. The lowest BCUT2D eigenvalue weighted by Gasteiger charge is -2.18. The third-order valence-corrected chi connectivity index (χ3v) is 7.18. The SMILES string of the molecule is [2H]c1c([2H])c([2H])c2c(oc3c(-c4c5ccccc5c(-c5cccc6ccccc56)c5ccccc45)c([2H])c([2H])c([2H])c32)c1[2H]. The van der Waals surface area contributed by atoms with Crippen molar-refractivity contribution in [1.29, 1.82) is 0 Å². The summed E-state index contributed by atoms with van der Waals surface area (Å²) in [6, 6.07) is 27.9. The van der Waals surface area contributed by atoms with Gasteiger partial charge in [0.05, 0.1) is 9.60 Å². The van der Waals surface area contributed by atoms with Crippen LogP contribution in [-0.4, -0.2) is 0 Å². The van der Waals surface area contributed by atoms with Crippen molar-refractivity contribution in [3.63, 3.8) is 0 Å². The molecule has 172 valence electrons. The zero-order valence-corrected chi connectivity index (χ0v) is 19.6. The lowest BCUT2D eigenvalue weighted by Crippen LogP contribution is -1.91. The molecule has 0 aliphatic heterocycles. The van der Waals surface area contributed by atoms with E-state index in [1.807, 2.05) is 66.7 Å². The Kier molecular flexibility index (Phi) is 3.09. The van der Waals surface area contributed by atoms with Crippen LogP contribution in [0.1, 0.15) is 9.60 Å². The summed E-state index contributed by atoms with van der Waals surface area (Å²) in [5.74, 6) is 0. The summed E-state index contributed by atoms with van der Waals surface area (Å²) in [5, 5.41) is 5.89. The smallest absolute Gasteiger partial charge is 0.143 e. The van der Waals surface area contributed by atoms with E-state index in [9.17, 15) is 0 Å². The molecule has 0 saturated heterocycles. The van der Waals surface area contributed by atoms with Crippen LogP contribution < -0.4 is 0 Å². The first-order valence-electron chi connectivity index (χ1n) is 15.6. The van der Waals surface area contributed by atoms with Crippen molar-refractivity contribution < 1.29 is 14.0 Å². The maximum Gasteiger partial charge on any atom is 0.143 e. The first kappa shape index (κ1) is 14.6. The molecule has 0 amide bonds. The molecule has 1 nitrogen and oxygen atoms in total. The summed E-state index contributed by atoms with van der Waals surface area (Å²) >= 11 is 0. The van der Waals surface area contributed by atoms with Crippen LogP contribution in [0.25, 0.3) is 76.5 Å². The normalized spacial score (nSPS) is 14.4. The Morgan fingerprint density at radius 2 is 1.00 bits per heavy atom. The topological polar surface area (TPSA) is 13.1 Å². The molecule has 0 radical (unpaired) electrons. The molecule has 1 heteroatoms. The highest BCUT2D eigenvalue weighted by atomic mass is 16.3. The molecule has 1 aromatic heterocycles. The second-order valence-corrected chi connectivity index (χ2v) is 9.13. The number of hydrogen-bond acceptors (Lipinski definition) is 1. The number of rotatable bonds is 2. The van der Waals surface area contributed by atoms with Crippen LogP contribution in [0.3, 0.4) is 0 Å². The highest BCUT2D eigenvalue weighted by Crippen LogP contribution is 2.47. The fourth-order valence-electron chi connectivity index (χ4n) is 5.64. The number of para-hydroxylation sites is 2. The van der Waals surface area contributed by atoms with Gasteiger partial charge >= 0.3 is 0 Å². The first-order chi connectivity index (χ1) is 21.3. The van der Waals surface area contributed by atoms with Crippen LogP contribution in [-0.2, 0) is 0 Å². The van der Waals surface area contributed by atoms with Gasteiger partial charge in [-0.3, -0.25) is 0 Å². The Balaban J connectivity index is 1.62. The molecule has 0 unspecified atom stereocenters. The van der Waals surface area contributed by atoms with Crippen molar-refractivity contribution in [3.05, 3.63) is 133 Å². The van der Waals surface area contributed by atoms with Gasteiger partial charge in [0.25, 0.3) is 0 Å². The quantitative estimate of drug-likeness (QED) is 0.226. The lowest BCUT2D eigenvalue weighted by atomic mass is 9.84. The highest BCUT2D eigenvalue weighted by molar-refractivity contribution is 6.25. The number of benzene rings is 7. The summed E-state index contributed by atoms with van der Waals surface area (Å²) in [4.78, 5) is 0. The first-order valence-corrected chi connectivity index (χ1v) is 12.1. The van der Waals surface area contributed by atoms with Crippen molar-refractivity contribution in [2.75, 3.05) is 0 Å². The fourth-order valence-corrected chi connectivity index (χ4v) is 5.64. The average molecular weight is 478 g/mol. The standard InChI is InChI=1S/C36H22O/c1-2-13-24-23(11-1)12-9-19-26(24)34-27-15-3-5-17-29(27)35(30-18-6-4-16-28(30)34)32-21-10-20-31-25-14-7-8-22-33(25)37-36(31)32/h1-22H/i7D,8D,10D,14D,20D,21D,22D. The molecule has 0 fully saturated rings. The van der Waals surface area contributed by atoms with E-state index in [-0.39, 0.29) is 57.7 Å². The highest BCUT2D eigenvalue weighted by Gasteiger charge is 2.20. The van der Waals surface area contributed by atoms with E-state index in [0.717, 1.165) is 43.4 Å². The molecule has 0 atom stereocenters. The molecule has 8 rings (SSSR count). The van der Waals surface area contributed by atoms with E-state index in [1.54, 1.807) is 0 Å². The third-order valence-electron chi connectivity index (χ3n) is 7.18. The van der Waals surface area contributed by atoms with E-state index in [4.69, 9.17) is 14.0 Å². The fraction of sp³-hybridized carbons (Fsp3) is 0. The molecular weight excluding hydrogens is 448 g/mol. The van der Waals surface area contributed by atoms with Crippen LogP contribution in [0.5, 0.6) is 0 Å². The minimum Gasteiger partial charge on any atom is -0.455 e. The van der Waals surface area contributed by atoms with Gasteiger partial charge in [-0.05, 0) is 49.5 Å². The molecule has 0 aliphatic rings. The Hall–Kier alpha value is -4.88. The number of hydrogen-bond donors (Lipinski definition) is 0. The summed E-state index contributed by atoms with van der Waals surface area (Å²) < 4.78 is 66.6. The van der Waals surface area contributed by atoms with Gasteiger partial charge < -0.3 is 4.42 Å². The molecule has 0 aliphatic carbocycles. The van der Waals surface area contributed by atoms with Gasteiger partial charge in [-0.25, -0.2) is 0 Å². The number of fused-ring (bicyclic) bond motifs is 6. The van der Waals surface area contributed by atoms with Gasteiger partial charge in [0.1, 0.15) is 11.2 Å². The third kappa shape index (κ3) is 2.92. The Bertz CT molecular complexity index is 2470. The zero-order chi connectivity index (χ0) is 30.4. The van der Waals surface area contributed by atoms with Gasteiger partial charge in [0.15, 0.2) is 0 Å². The average Bonchev–Trinajstić information content (AvgIpc) is 3.45. The minimum atomic E-state index is -0.442. The molecule has 0 N–H and O–H groups in total. The number of furan rings is 1. The van der Waals surface area contributed by atoms with Crippen molar-refractivity contribution >= 4 is 54.3 Å². The van der Waals surface area contributed by atoms with Gasteiger partial charge in [0.2, 0.25) is 0 Å². The molecular formula is C36H22O. The predicted octanol–water partition coefficient (Wildman–Crippen LogP) is 10.4. The van der Waals surface area contributed by atoms with Gasteiger partial charge in [-0.15, -0.1) is 0 Å². The van der Waals surface area contributed by atoms with Crippen LogP contribution in [0.15, 0.2) is 138 Å². The van der Waals surface area contributed by atoms with E-state index in [1.165, 1.54) is 0 Å². The Morgan fingerprint density at radius 3 is 1.73 bits per heavy atom. The van der Waals surface area contributed by atoms with Crippen LogP contribution in [0.2, 0.25) is 0 Å². The summed E-state index contributed by atoms with van der Waals surface area (Å²) in [6.07, 6.45) is 0. The van der Waals surface area contributed by atoms with Crippen molar-refractivity contribution in [2.24, 2.45) is 0 Å². The van der Waals surface area contributed by atoms with E-state index in [0.29, 0.717) is 5.56 Å². The van der Waals surface area contributed by atoms with E-state index >= 15 is 0 Å².